The third-order valence-corrected chi connectivity index (χ3v) is 6.09. The minimum absolute atomic E-state index is 0.169. The monoisotopic (exact) mass is 367 g/mol. The Morgan fingerprint density at radius 1 is 1.33 bits per heavy atom. The molecule has 0 aliphatic carbocycles. The second-order valence-corrected chi connectivity index (χ2v) is 8.27. The first-order valence-corrected chi connectivity index (χ1v) is 9.43. The predicted octanol–water partition coefficient (Wildman–Crippen LogP) is 3.52. The van der Waals surface area contributed by atoms with Crippen LogP contribution in [-0.2, 0) is 14.3 Å². The molecule has 0 saturated carbocycles. The second-order valence-electron chi connectivity index (χ2n) is 8.27. The Labute approximate surface area is 159 Å². The maximum Gasteiger partial charge on any atom is 0.310 e. The molecule has 5 nitrogen and oxygen atoms in total. The summed E-state index contributed by atoms with van der Waals surface area (Å²) in [5.74, 6) is -2.28. The maximum absolute atomic E-state index is 13.4. The molecule has 5 atom stereocenters. The van der Waals surface area contributed by atoms with Gasteiger partial charge in [0.2, 0.25) is 5.91 Å². The Bertz CT molecular complexity index is 840. The molecule has 0 aromatic heterocycles. The molecule has 3 aliphatic heterocycles. The van der Waals surface area contributed by atoms with E-state index >= 15 is 0 Å². The summed E-state index contributed by atoms with van der Waals surface area (Å²) in [4.78, 5) is 27.0. The van der Waals surface area contributed by atoms with Crippen LogP contribution in [0.4, 0.5) is 5.69 Å². The van der Waals surface area contributed by atoms with Gasteiger partial charge in [-0.25, -0.2) is 0 Å². The number of anilines is 1. The van der Waals surface area contributed by atoms with E-state index < -0.39 is 29.5 Å². The summed E-state index contributed by atoms with van der Waals surface area (Å²) in [5, 5.41) is 9.72. The number of carboxylic acids is 1. The Hall–Kier alpha value is -2.40. The molecule has 1 N–H and O–H groups in total. The average Bonchev–Trinajstić information content (AvgIpc) is 3.24. The van der Waals surface area contributed by atoms with Gasteiger partial charge >= 0.3 is 5.97 Å². The number of ether oxygens (including phenoxy) is 1. The molecule has 3 aliphatic rings. The van der Waals surface area contributed by atoms with Crippen molar-refractivity contribution in [3.8, 4) is 0 Å². The Kier molecular flexibility index (Phi) is 4.04. The molecule has 1 spiro atoms. The quantitative estimate of drug-likeness (QED) is 0.809. The first-order valence-electron chi connectivity index (χ1n) is 9.43. The number of benzene rings is 1. The molecule has 5 heteroatoms. The minimum Gasteiger partial charge on any atom is -0.481 e. The lowest BCUT2D eigenvalue weighted by molar-refractivity contribution is -0.146. The summed E-state index contributed by atoms with van der Waals surface area (Å²) in [7, 11) is 0. The van der Waals surface area contributed by atoms with E-state index in [1.165, 1.54) is 5.56 Å². The number of rotatable bonds is 5. The lowest BCUT2D eigenvalue weighted by Gasteiger charge is -2.33. The van der Waals surface area contributed by atoms with Crippen molar-refractivity contribution < 1.29 is 19.4 Å². The van der Waals surface area contributed by atoms with Gasteiger partial charge in [-0.1, -0.05) is 43.7 Å². The first-order chi connectivity index (χ1) is 12.8. The van der Waals surface area contributed by atoms with E-state index in [9.17, 15) is 14.7 Å². The molecule has 142 valence electrons. The summed E-state index contributed by atoms with van der Waals surface area (Å²) in [6, 6.07) is 7.66. The van der Waals surface area contributed by atoms with Crippen molar-refractivity contribution in [2.24, 2.45) is 11.8 Å². The van der Waals surface area contributed by atoms with E-state index in [-0.39, 0.29) is 11.9 Å². The molecule has 2 fully saturated rings. The first kappa shape index (κ1) is 18.0. The van der Waals surface area contributed by atoms with Gasteiger partial charge in [0, 0.05) is 5.69 Å². The zero-order valence-electron chi connectivity index (χ0n) is 15.9. The van der Waals surface area contributed by atoms with Gasteiger partial charge in [0.15, 0.2) is 0 Å². The number of carboxylic acid groups (broad SMARTS) is 1. The number of nitrogens with zero attached hydrogens (tertiary/aromatic N) is 1. The molecule has 1 amide bonds. The van der Waals surface area contributed by atoms with Gasteiger partial charge in [0.25, 0.3) is 0 Å². The summed E-state index contributed by atoms with van der Waals surface area (Å²) in [6.07, 6.45) is 3.75. The number of hydrogen-bond donors (Lipinski definition) is 1. The number of carbonyl (C=O) groups is 2. The highest BCUT2D eigenvalue weighted by atomic mass is 16.5. The van der Waals surface area contributed by atoms with Crippen LogP contribution in [0.3, 0.4) is 0 Å². The summed E-state index contributed by atoms with van der Waals surface area (Å²) in [5.41, 5.74) is 2.02. The van der Waals surface area contributed by atoms with Gasteiger partial charge in [-0.15, -0.1) is 6.58 Å². The molecular formula is C22H25NO4. The smallest absolute Gasteiger partial charge is 0.310 e. The molecule has 2 bridgehead atoms. The van der Waals surface area contributed by atoms with Crippen LogP contribution in [0.5, 0.6) is 0 Å². The van der Waals surface area contributed by atoms with Crippen LogP contribution in [0.2, 0.25) is 0 Å². The van der Waals surface area contributed by atoms with E-state index in [0.29, 0.717) is 12.3 Å². The van der Waals surface area contributed by atoms with Crippen LogP contribution in [0.1, 0.15) is 38.7 Å². The zero-order valence-corrected chi connectivity index (χ0v) is 15.9. The highest BCUT2D eigenvalue weighted by Crippen LogP contribution is 2.56. The third kappa shape index (κ3) is 2.48. The molecule has 27 heavy (non-hydrogen) atoms. The van der Waals surface area contributed by atoms with Crippen LogP contribution in [0.25, 0.3) is 0 Å². The average molecular weight is 367 g/mol. The SMILES string of the molecule is C=C(C)C[C@@H]1N(c2ccc(C(C)C)cc2)C(=O)[C@H]2[C@@H](C(=O)O)[C@@H]3C=C[C@@]12O3. The van der Waals surface area contributed by atoms with Crippen molar-refractivity contribution in [2.75, 3.05) is 4.90 Å². The number of amides is 1. The van der Waals surface area contributed by atoms with E-state index in [4.69, 9.17) is 4.74 Å². The molecule has 2 saturated heterocycles. The lowest BCUT2D eigenvalue weighted by Crippen LogP contribution is -2.45. The molecule has 0 radical (unpaired) electrons. The molecule has 1 aromatic carbocycles. The topological polar surface area (TPSA) is 66.8 Å². The van der Waals surface area contributed by atoms with Crippen LogP contribution in [0.15, 0.2) is 48.6 Å². The fraction of sp³-hybridized carbons (Fsp3) is 0.455. The van der Waals surface area contributed by atoms with Crippen LogP contribution >= 0.6 is 0 Å². The maximum atomic E-state index is 13.4. The Morgan fingerprint density at radius 3 is 2.56 bits per heavy atom. The molecular weight excluding hydrogens is 342 g/mol. The van der Waals surface area contributed by atoms with E-state index in [2.05, 4.69) is 20.4 Å². The zero-order chi connectivity index (χ0) is 19.5. The van der Waals surface area contributed by atoms with Gasteiger partial charge in [-0.3, -0.25) is 9.59 Å². The van der Waals surface area contributed by atoms with Crippen molar-refractivity contribution in [3.05, 3.63) is 54.1 Å². The number of hydrogen-bond acceptors (Lipinski definition) is 3. The Morgan fingerprint density at radius 2 is 2.00 bits per heavy atom. The van der Waals surface area contributed by atoms with Crippen molar-refractivity contribution >= 4 is 17.6 Å². The predicted molar refractivity (Wildman–Crippen MR) is 103 cm³/mol. The van der Waals surface area contributed by atoms with E-state index in [1.807, 2.05) is 37.3 Å². The van der Waals surface area contributed by atoms with Crippen molar-refractivity contribution in [1.29, 1.82) is 0 Å². The number of carbonyl (C=O) groups excluding carboxylic acids is 1. The molecule has 0 unspecified atom stereocenters. The largest absolute Gasteiger partial charge is 0.481 e. The minimum atomic E-state index is -0.976. The van der Waals surface area contributed by atoms with E-state index in [1.54, 1.807) is 11.0 Å². The standard InChI is InChI=1S/C22H25NO4/c1-12(2)11-17-22-10-9-16(27-22)18(21(25)26)19(22)20(24)23(17)15-7-5-14(6-8-15)13(3)4/h5-10,13,16-19H,1,11H2,2-4H3,(H,25,26)/t16-,17-,18-,19+,22+/m0/s1. The van der Waals surface area contributed by atoms with Crippen LogP contribution in [0, 0.1) is 11.8 Å². The van der Waals surface area contributed by atoms with Crippen LogP contribution < -0.4 is 4.90 Å². The summed E-state index contributed by atoms with van der Waals surface area (Å²) in [6.45, 7) is 10.2. The van der Waals surface area contributed by atoms with Crippen LogP contribution in [-0.4, -0.2) is 34.7 Å². The molecule has 1 aromatic rings. The van der Waals surface area contributed by atoms with Gasteiger partial charge in [-0.05, 0) is 37.0 Å². The van der Waals surface area contributed by atoms with Gasteiger partial charge in [-0.2, -0.15) is 0 Å². The van der Waals surface area contributed by atoms with E-state index in [0.717, 1.165) is 11.3 Å². The molecule has 4 rings (SSSR count). The number of aliphatic carboxylic acids is 1. The fourth-order valence-electron chi connectivity index (χ4n) is 4.84. The second kappa shape index (κ2) is 6.06. The fourth-order valence-corrected chi connectivity index (χ4v) is 4.84. The van der Waals surface area contributed by atoms with Crippen molar-refractivity contribution in [1.82, 2.24) is 0 Å². The normalized spacial score (nSPS) is 33.8. The lowest BCUT2D eigenvalue weighted by atomic mass is 9.74. The van der Waals surface area contributed by atoms with Crippen molar-refractivity contribution in [3.63, 3.8) is 0 Å². The van der Waals surface area contributed by atoms with Gasteiger partial charge < -0.3 is 14.7 Å². The van der Waals surface area contributed by atoms with Gasteiger partial charge in [0.1, 0.15) is 11.5 Å². The van der Waals surface area contributed by atoms with Gasteiger partial charge in [0.05, 0.1) is 18.1 Å². The summed E-state index contributed by atoms with van der Waals surface area (Å²) < 4.78 is 6.16. The third-order valence-electron chi connectivity index (χ3n) is 6.09. The molecule has 3 heterocycles. The van der Waals surface area contributed by atoms with Crippen molar-refractivity contribution in [2.45, 2.75) is 50.9 Å². The highest BCUT2D eigenvalue weighted by Gasteiger charge is 2.71. The number of fused-ring (bicyclic) bond motifs is 1. The summed E-state index contributed by atoms with van der Waals surface area (Å²) >= 11 is 0. The Balaban J connectivity index is 1.79. The highest BCUT2D eigenvalue weighted by molar-refractivity contribution is 6.03.